The molecular formula is C30H28N4O3. The van der Waals surface area contributed by atoms with Crippen LogP contribution in [0.5, 0.6) is 5.88 Å². The molecule has 0 bridgehead atoms. The highest BCUT2D eigenvalue weighted by atomic mass is 16.5. The number of ketones is 1. The number of carbonyl (C=O) groups is 2. The van der Waals surface area contributed by atoms with E-state index >= 15 is 0 Å². The molecular weight excluding hydrogens is 464 g/mol. The zero-order chi connectivity index (χ0) is 25.6. The number of ether oxygens (including phenoxy) is 1. The van der Waals surface area contributed by atoms with Crippen molar-refractivity contribution in [1.82, 2.24) is 15.0 Å². The van der Waals surface area contributed by atoms with E-state index < -0.39 is 0 Å². The van der Waals surface area contributed by atoms with Crippen molar-refractivity contribution in [2.24, 2.45) is 0 Å². The maximum atomic E-state index is 12.7. The SMILES string of the molecule is CCOc1ccc(C(=O)Cc2cncc(Cc3ccc(-c4ccc(N5CCCC5=O)cc4)cn3)c2)cn1. The number of hydrogen-bond donors (Lipinski definition) is 0. The number of hydrogen-bond acceptors (Lipinski definition) is 6. The molecule has 0 aliphatic carbocycles. The summed E-state index contributed by atoms with van der Waals surface area (Å²) in [4.78, 5) is 39.7. The van der Waals surface area contributed by atoms with Gasteiger partial charge in [0.25, 0.3) is 0 Å². The lowest BCUT2D eigenvalue weighted by Gasteiger charge is -2.16. The highest BCUT2D eigenvalue weighted by Gasteiger charge is 2.21. The minimum absolute atomic E-state index is 0.0166. The summed E-state index contributed by atoms with van der Waals surface area (Å²) < 4.78 is 5.34. The van der Waals surface area contributed by atoms with Gasteiger partial charge in [0.2, 0.25) is 11.8 Å². The van der Waals surface area contributed by atoms with E-state index in [-0.39, 0.29) is 18.1 Å². The van der Waals surface area contributed by atoms with Gasteiger partial charge in [-0.15, -0.1) is 0 Å². The van der Waals surface area contributed by atoms with Crippen LogP contribution in [0, 0.1) is 0 Å². The van der Waals surface area contributed by atoms with Gasteiger partial charge in [-0.05, 0) is 54.3 Å². The number of rotatable bonds is 9. The van der Waals surface area contributed by atoms with Crippen LogP contribution >= 0.6 is 0 Å². The molecule has 1 aromatic carbocycles. The summed E-state index contributed by atoms with van der Waals surface area (Å²) in [6.45, 7) is 3.21. The van der Waals surface area contributed by atoms with E-state index in [0.29, 0.717) is 30.9 Å². The molecule has 3 aromatic heterocycles. The Balaban J connectivity index is 1.21. The first-order chi connectivity index (χ1) is 18.1. The molecule has 0 N–H and O–H groups in total. The zero-order valence-electron chi connectivity index (χ0n) is 20.8. The fourth-order valence-electron chi connectivity index (χ4n) is 4.46. The molecule has 7 nitrogen and oxygen atoms in total. The average Bonchev–Trinajstić information content (AvgIpc) is 3.36. The predicted octanol–water partition coefficient (Wildman–Crippen LogP) is 5.08. The van der Waals surface area contributed by atoms with Gasteiger partial charge in [-0.2, -0.15) is 0 Å². The van der Waals surface area contributed by atoms with Gasteiger partial charge in [0.05, 0.1) is 6.61 Å². The van der Waals surface area contributed by atoms with Gasteiger partial charge in [-0.3, -0.25) is 19.6 Å². The summed E-state index contributed by atoms with van der Waals surface area (Å²) >= 11 is 0. The normalized spacial score (nSPS) is 13.1. The minimum Gasteiger partial charge on any atom is -0.478 e. The van der Waals surface area contributed by atoms with E-state index in [1.807, 2.05) is 54.4 Å². The van der Waals surface area contributed by atoms with E-state index in [1.54, 1.807) is 30.7 Å². The van der Waals surface area contributed by atoms with E-state index in [2.05, 4.69) is 21.0 Å². The molecule has 1 aliphatic heterocycles. The number of benzene rings is 1. The van der Waals surface area contributed by atoms with Crippen molar-refractivity contribution in [3.05, 3.63) is 102 Å². The van der Waals surface area contributed by atoms with Crippen LogP contribution in [-0.4, -0.2) is 39.8 Å². The molecule has 1 amide bonds. The molecule has 4 heterocycles. The van der Waals surface area contributed by atoms with Crippen molar-refractivity contribution in [3.8, 4) is 17.0 Å². The summed E-state index contributed by atoms with van der Waals surface area (Å²) in [6, 6.07) is 17.6. The maximum Gasteiger partial charge on any atom is 0.227 e. The lowest BCUT2D eigenvalue weighted by molar-refractivity contribution is -0.117. The molecule has 1 fully saturated rings. The number of carbonyl (C=O) groups excluding carboxylic acids is 2. The molecule has 0 saturated carbocycles. The van der Waals surface area contributed by atoms with E-state index in [4.69, 9.17) is 4.74 Å². The standard InChI is InChI=1S/C30H28N4O3/c1-2-37-29-12-8-25(20-33-29)28(35)16-22-14-21(17-31-18-22)15-26-9-5-24(19-32-26)23-6-10-27(11-7-23)34-13-3-4-30(34)36/h5-12,14,17-20H,2-4,13,15-16H2,1H3. The predicted molar refractivity (Wildman–Crippen MR) is 142 cm³/mol. The zero-order valence-corrected chi connectivity index (χ0v) is 20.8. The second-order valence-corrected chi connectivity index (χ2v) is 9.03. The quantitative estimate of drug-likeness (QED) is 0.303. The van der Waals surface area contributed by atoms with E-state index in [1.165, 1.54) is 0 Å². The Kier molecular flexibility index (Phi) is 7.31. The summed E-state index contributed by atoms with van der Waals surface area (Å²) in [5.74, 6) is 0.684. The molecule has 0 atom stereocenters. The van der Waals surface area contributed by atoms with Crippen LogP contribution in [-0.2, 0) is 17.6 Å². The number of pyridine rings is 3. The van der Waals surface area contributed by atoms with Crippen LogP contribution in [0.25, 0.3) is 11.1 Å². The average molecular weight is 493 g/mol. The van der Waals surface area contributed by atoms with Crippen LogP contribution in [0.3, 0.4) is 0 Å². The molecule has 5 rings (SSSR count). The maximum absolute atomic E-state index is 12.7. The largest absolute Gasteiger partial charge is 0.478 e. The van der Waals surface area contributed by atoms with Crippen LogP contribution < -0.4 is 9.64 Å². The first-order valence-corrected chi connectivity index (χ1v) is 12.5. The van der Waals surface area contributed by atoms with E-state index in [0.717, 1.165) is 46.6 Å². The molecule has 37 heavy (non-hydrogen) atoms. The lowest BCUT2D eigenvalue weighted by Crippen LogP contribution is -2.23. The first-order valence-electron chi connectivity index (χ1n) is 12.5. The molecule has 7 heteroatoms. The summed E-state index contributed by atoms with van der Waals surface area (Å²) in [5, 5.41) is 0. The molecule has 0 radical (unpaired) electrons. The number of amides is 1. The molecule has 186 valence electrons. The Morgan fingerprint density at radius 1 is 0.919 bits per heavy atom. The van der Waals surface area contributed by atoms with Gasteiger partial charge < -0.3 is 9.64 Å². The van der Waals surface area contributed by atoms with Gasteiger partial charge >= 0.3 is 0 Å². The fourth-order valence-corrected chi connectivity index (χ4v) is 4.46. The van der Waals surface area contributed by atoms with Crippen molar-refractivity contribution >= 4 is 17.4 Å². The number of Topliss-reactive ketones (excluding diaryl/α,β-unsaturated/α-hetero) is 1. The minimum atomic E-state index is -0.0166. The Morgan fingerprint density at radius 3 is 2.41 bits per heavy atom. The Labute approximate surface area is 216 Å². The first kappa shape index (κ1) is 24.3. The smallest absolute Gasteiger partial charge is 0.227 e. The third kappa shape index (κ3) is 5.89. The second kappa shape index (κ2) is 11.1. The molecule has 1 saturated heterocycles. The highest BCUT2D eigenvalue weighted by Crippen LogP contribution is 2.26. The third-order valence-electron chi connectivity index (χ3n) is 6.36. The molecule has 0 spiro atoms. The van der Waals surface area contributed by atoms with E-state index in [9.17, 15) is 9.59 Å². The molecule has 0 unspecified atom stereocenters. The van der Waals surface area contributed by atoms with Crippen molar-refractivity contribution in [1.29, 1.82) is 0 Å². The number of aromatic nitrogens is 3. The topological polar surface area (TPSA) is 85.3 Å². The van der Waals surface area contributed by atoms with Crippen molar-refractivity contribution < 1.29 is 14.3 Å². The lowest BCUT2D eigenvalue weighted by atomic mass is 10.0. The monoisotopic (exact) mass is 492 g/mol. The van der Waals surface area contributed by atoms with Crippen molar-refractivity contribution in [2.45, 2.75) is 32.6 Å². The Bertz CT molecular complexity index is 1380. The van der Waals surface area contributed by atoms with Gasteiger partial charge in [-0.1, -0.05) is 24.3 Å². The van der Waals surface area contributed by atoms with Gasteiger partial charge in [0.15, 0.2) is 5.78 Å². The Morgan fingerprint density at radius 2 is 1.73 bits per heavy atom. The highest BCUT2D eigenvalue weighted by molar-refractivity contribution is 5.97. The van der Waals surface area contributed by atoms with Crippen molar-refractivity contribution in [2.75, 3.05) is 18.1 Å². The van der Waals surface area contributed by atoms with Crippen LogP contribution in [0.2, 0.25) is 0 Å². The van der Waals surface area contributed by atoms with Crippen LogP contribution in [0.15, 0.2) is 79.4 Å². The summed E-state index contributed by atoms with van der Waals surface area (Å²) in [7, 11) is 0. The Hall–Kier alpha value is -4.39. The van der Waals surface area contributed by atoms with Gasteiger partial charge in [-0.25, -0.2) is 4.98 Å². The molecule has 1 aliphatic rings. The van der Waals surface area contributed by atoms with Gasteiger partial charge in [0.1, 0.15) is 0 Å². The summed E-state index contributed by atoms with van der Waals surface area (Å²) in [6.07, 6.45) is 9.36. The summed E-state index contributed by atoms with van der Waals surface area (Å²) in [5.41, 5.74) is 6.33. The van der Waals surface area contributed by atoms with Crippen molar-refractivity contribution in [3.63, 3.8) is 0 Å². The third-order valence-corrected chi connectivity index (χ3v) is 6.36. The fraction of sp³-hybridized carbons (Fsp3) is 0.233. The van der Waals surface area contributed by atoms with Crippen LogP contribution in [0.1, 0.15) is 46.9 Å². The van der Waals surface area contributed by atoms with Gasteiger partial charge in [0, 0.05) is 79.2 Å². The number of anilines is 1. The number of nitrogens with zero attached hydrogens (tertiary/aromatic N) is 4. The second-order valence-electron chi connectivity index (χ2n) is 9.03. The van der Waals surface area contributed by atoms with Crippen LogP contribution in [0.4, 0.5) is 5.69 Å². The molecule has 4 aromatic rings.